The van der Waals surface area contributed by atoms with Gasteiger partial charge in [0.1, 0.15) is 0 Å². The van der Waals surface area contributed by atoms with Crippen molar-refractivity contribution in [3.05, 3.63) is 0 Å². The van der Waals surface area contributed by atoms with E-state index in [4.69, 9.17) is 5.11 Å². The third kappa shape index (κ3) is 2.93. The summed E-state index contributed by atoms with van der Waals surface area (Å²) in [6, 6.07) is 0. The van der Waals surface area contributed by atoms with E-state index in [9.17, 15) is 44.6 Å². The van der Waals surface area contributed by atoms with Gasteiger partial charge < -0.3 is 14.9 Å². The lowest BCUT2D eigenvalue weighted by atomic mass is 9.78. The van der Waals surface area contributed by atoms with Gasteiger partial charge in [-0.05, 0) is 6.92 Å². The van der Waals surface area contributed by atoms with Crippen molar-refractivity contribution in [2.75, 3.05) is 0 Å². The third-order valence-electron chi connectivity index (χ3n) is 3.13. The Kier molecular flexibility index (Phi) is 3.82. The van der Waals surface area contributed by atoms with Crippen LogP contribution in [0.2, 0.25) is 0 Å². The number of ether oxygens (including phenoxy) is 1. The van der Waals surface area contributed by atoms with E-state index in [1.165, 1.54) is 0 Å². The predicted molar refractivity (Wildman–Crippen MR) is 46.8 cm³/mol. The highest BCUT2D eigenvalue weighted by Crippen LogP contribution is 2.56. The average molecular weight is 336 g/mol. The van der Waals surface area contributed by atoms with Crippen LogP contribution < -0.4 is 0 Å². The first-order valence-corrected chi connectivity index (χ1v) is 5.22. The van der Waals surface area contributed by atoms with E-state index in [1.807, 2.05) is 0 Å². The topological polar surface area (TPSA) is 49.7 Å². The molecule has 0 amide bonds. The van der Waals surface area contributed by atoms with Crippen molar-refractivity contribution < 1.29 is 54.5 Å². The molecule has 0 aromatic carbocycles. The molecule has 1 aliphatic heterocycles. The molecule has 0 aromatic heterocycles. The summed E-state index contributed by atoms with van der Waals surface area (Å²) >= 11 is 0. The van der Waals surface area contributed by atoms with E-state index in [2.05, 4.69) is 4.74 Å². The zero-order chi connectivity index (χ0) is 17.1. The largest absolute Gasteiger partial charge is 0.443 e. The van der Waals surface area contributed by atoms with Crippen LogP contribution >= 0.6 is 0 Å². The molecule has 3 atom stereocenters. The summed E-state index contributed by atoms with van der Waals surface area (Å²) in [4.78, 5) is 0. The number of hydrogen-bond donors (Lipinski definition) is 2. The lowest BCUT2D eigenvalue weighted by Crippen LogP contribution is -2.70. The molecule has 1 rings (SSSR count). The van der Waals surface area contributed by atoms with Crippen LogP contribution in [0.5, 0.6) is 0 Å². The van der Waals surface area contributed by atoms with Crippen molar-refractivity contribution >= 4 is 0 Å². The number of aliphatic hydroxyl groups is 2. The minimum Gasteiger partial charge on any atom is -0.380 e. The second-order valence-corrected chi connectivity index (χ2v) is 5.00. The molecule has 1 aliphatic rings. The second-order valence-electron chi connectivity index (χ2n) is 5.00. The van der Waals surface area contributed by atoms with E-state index in [0.29, 0.717) is 0 Å². The molecule has 0 aromatic rings. The first kappa shape index (κ1) is 18.3. The standard InChI is InChI=1S/C9H9F9O3/c1-4(7(10,11)12)2-5(19,8(13,14)15)3-6(20,21-4)9(16,17)18/h19-20H,2-3H2,1H3/t4-,5+,6-/m1/s1. The molecular formula is C9H9F9O3. The lowest BCUT2D eigenvalue weighted by Gasteiger charge is -2.51. The molecule has 0 bridgehead atoms. The van der Waals surface area contributed by atoms with Crippen LogP contribution in [-0.2, 0) is 4.74 Å². The second kappa shape index (κ2) is 4.38. The van der Waals surface area contributed by atoms with Gasteiger partial charge >= 0.3 is 18.5 Å². The van der Waals surface area contributed by atoms with Crippen LogP contribution in [-0.4, -0.2) is 45.7 Å². The molecule has 0 spiro atoms. The number of alkyl halides is 9. The Morgan fingerprint density at radius 1 is 0.762 bits per heavy atom. The number of hydrogen-bond acceptors (Lipinski definition) is 3. The summed E-state index contributed by atoms with van der Waals surface area (Å²) in [6.07, 6.45) is -22.2. The Balaban J connectivity index is 3.44. The maximum atomic E-state index is 12.7. The monoisotopic (exact) mass is 336 g/mol. The van der Waals surface area contributed by atoms with E-state index in [1.54, 1.807) is 0 Å². The van der Waals surface area contributed by atoms with Crippen LogP contribution in [0.3, 0.4) is 0 Å². The fraction of sp³-hybridized carbons (Fsp3) is 1.00. The van der Waals surface area contributed by atoms with Crippen molar-refractivity contribution in [1.82, 2.24) is 0 Å². The Bertz CT molecular complexity index is 340. The highest BCUT2D eigenvalue weighted by atomic mass is 19.4. The molecule has 0 unspecified atom stereocenters. The Hall–Kier alpha value is -0.750. The first-order valence-electron chi connectivity index (χ1n) is 5.22. The molecule has 1 saturated heterocycles. The van der Waals surface area contributed by atoms with Gasteiger partial charge in [-0.25, -0.2) is 0 Å². The molecule has 3 nitrogen and oxygen atoms in total. The zero-order valence-corrected chi connectivity index (χ0v) is 10.1. The minimum absolute atomic E-state index is 0.112. The molecular weight excluding hydrogens is 327 g/mol. The normalized spacial score (nSPS) is 39.4. The van der Waals surface area contributed by atoms with Gasteiger partial charge in [-0.15, -0.1) is 0 Å². The number of halogens is 9. The molecule has 1 fully saturated rings. The van der Waals surface area contributed by atoms with Gasteiger partial charge in [0.2, 0.25) is 0 Å². The van der Waals surface area contributed by atoms with Gasteiger partial charge in [0.25, 0.3) is 5.79 Å². The summed E-state index contributed by atoms with van der Waals surface area (Å²) < 4.78 is 117. The molecule has 126 valence electrons. The smallest absolute Gasteiger partial charge is 0.380 e. The van der Waals surface area contributed by atoms with E-state index in [0.717, 1.165) is 0 Å². The van der Waals surface area contributed by atoms with E-state index in [-0.39, 0.29) is 6.92 Å². The van der Waals surface area contributed by atoms with Crippen LogP contribution in [0.15, 0.2) is 0 Å². The predicted octanol–water partition coefficient (Wildman–Crippen LogP) is 2.66. The Morgan fingerprint density at radius 3 is 1.48 bits per heavy atom. The maximum Gasteiger partial charge on any atom is 0.443 e. The van der Waals surface area contributed by atoms with Crippen LogP contribution in [0, 0.1) is 0 Å². The van der Waals surface area contributed by atoms with Crippen molar-refractivity contribution in [1.29, 1.82) is 0 Å². The molecule has 12 heteroatoms. The van der Waals surface area contributed by atoms with E-state index < -0.39 is 48.4 Å². The Morgan fingerprint density at radius 2 is 1.19 bits per heavy atom. The van der Waals surface area contributed by atoms with Gasteiger partial charge in [0, 0.05) is 12.8 Å². The van der Waals surface area contributed by atoms with Crippen LogP contribution in [0.1, 0.15) is 19.8 Å². The fourth-order valence-corrected chi connectivity index (χ4v) is 1.98. The summed E-state index contributed by atoms with van der Waals surface area (Å²) in [7, 11) is 0. The summed E-state index contributed by atoms with van der Waals surface area (Å²) in [6.45, 7) is -0.112. The molecule has 0 aliphatic carbocycles. The minimum atomic E-state index is -5.97. The Labute approximate surface area is 111 Å². The molecule has 1 heterocycles. The molecule has 0 radical (unpaired) electrons. The van der Waals surface area contributed by atoms with Gasteiger partial charge in [-0.3, -0.25) is 0 Å². The maximum absolute atomic E-state index is 12.7. The highest BCUT2D eigenvalue weighted by Gasteiger charge is 2.75. The average Bonchev–Trinajstić information content (AvgIpc) is 2.09. The quantitative estimate of drug-likeness (QED) is 0.669. The summed E-state index contributed by atoms with van der Waals surface area (Å²) in [5.41, 5.74) is -8.46. The van der Waals surface area contributed by atoms with Gasteiger partial charge in [-0.1, -0.05) is 0 Å². The molecule has 2 N–H and O–H groups in total. The van der Waals surface area contributed by atoms with Gasteiger partial charge in [0.15, 0.2) is 11.2 Å². The van der Waals surface area contributed by atoms with Crippen LogP contribution in [0.4, 0.5) is 39.5 Å². The van der Waals surface area contributed by atoms with Gasteiger partial charge in [-0.2, -0.15) is 39.5 Å². The first-order chi connectivity index (χ1) is 8.87. The summed E-state index contributed by atoms with van der Waals surface area (Å²) in [5, 5.41) is 18.3. The SMILES string of the molecule is C[C@]1(C(F)(F)F)C[C@@](O)(C(F)(F)F)C[C@](O)(C(F)(F)F)O1. The molecule has 0 saturated carbocycles. The van der Waals surface area contributed by atoms with Crippen molar-refractivity contribution in [2.24, 2.45) is 0 Å². The summed E-state index contributed by atoms with van der Waals surface area (Å²) in [5.74, 6) is -4.79. The van der Waals surface area contributed by atoms with Crippen molar-refractivity contribution in [2.45, 2.75) is 55.3 Å². The van der Waals surface area contributed by atoms with Crippen molar-refractivity contribution in [3.63, 3.8) is 0 Å². The molecule has 21 heavy (non-hydrogen) atoms. The van der Waals surface area contributed by atoms with Crippen molar-refractivity contribution in [3.8, 4) is 0 Å². The van der Waals surface area contributed by atoms with Gasteiger partial charge in [0.05, 0.1) is 0 Å². The fourth-order valence-electron chi connectivity index (χ4n) is 1.98. The lowest BCUT2D eigenvalue weighted by molar-refractivity contribution is -0.470. The highest BCUT2D eigenvalue weighted by molar-refractivity contribution is 5.06. The van der Waals surface area contributed by atoms with Crippen LogP contribution in [0.25, 0.3) is 0 Å². The number of rotatable bonds is 0. The zero-order valence-electron chi connectivity index (χ0n) is 10.1. The third-order valence-corrected chi connectivity index (χ3v) is 3.13. The van der Waals surface area contributed by atoms with E-state index >= 15 is 0 Å².